The molecule has 2 aliphatic carbocycles. The van der Waals surface area contributed by atoms with E-state index in [-0.39, 0.29) is 0 Å². The molecule has 0 N–H and O–H groups in total. The zero-order valence-corrected chi connectivity index (χ0v) is 46.0. The smallest absolute Gasteiger partial charge is 0.0743 e. The van der Waals surface area contributed by atoms with Gasteiger partial charge in [-0.05, 0) is 203 Å². The molecule has 2 aliphatic rings. The predicted octanol–water partition coefficient (Wildman–Crippen LogP) is 21.6. The van der Waals surface area contributed by atoms with Crippen LogP contribution in [0.15, 0.2) is 156 Å². The molecule has 4 heteroatoms. The summed E-state index contributed by atoms with van der Waals surface area (Å²) in [6.45, 7) is 9.19. The summed E-state index contributed by atoms with van der Waals surface area (Å²) in [6.07, 6.45) is 25.0. The number of fused-ring (bicyclic) bond motifs is 10. The summed E-state index contributed by atoms with van der Waals surface area (Å²) in [5.41, 5.74) is 20.7. The lowest BCUT2D eigenvalue weighted by atomic mass is 9.71. The zero-order chi connectivity index (χ0) is 50.0. The minimum Gasteiger partial charge on any atom is -0.310 e. The average molecular weight is 1000 g/mol. The molecule has 0 aliphatic heterocycles. The normalized spacial score (nSPS) is 12.8. The van der Waals surface area contributed by atoms with Crippen molar-refractivity contribution in [3.05, 3.63) is 201 Å². The monoisotopic (exact) mass is 999 g/mol. The number of benzene rings is 6. The molecule has 0 atom stereocenters. The highest BCUT2D eigenvalue weighted by Gasteiger charge is 2.53. The number of anilines is 6. The number of rotatable bonds is 26. The number of hydrogen-bond donors (Lipinski definition) is 0. The van der Waals surface area contributed by atoms with Crippen molar-refractivity contribution in [3.8, 4) is 20.9 Å². The van der Waals surface area contributed by atoms with Crippen molar-refractivity contribution >= 4 is 56.8 Å². The van der Waals surface area contributed by atoms with Gasteiger partial charge in [0.2, 0.25) is 0 Å². The summed E-state index contributed by atoms with van der Waals surface area (Å²) in [6, 6.07) is 57.7. The summed E-state index contributed by atoms with van der Waals surface area (Å²) < 4.78 is 0. The Labute approximate surface area is 447 Å². The molecular formula is C69H78N2S2. The van der Waals surface area contributed by atoms with Gasteiger partial charge in [0.05, 0.1) is 5.41 Å². The topological polar surface area (TPSA) is 6.48 Å². The maximum atomic E-state index is 2.57. The minimum atomic E-state index is -0.450. The van der Waals surface area contributed by atoms with E-state index in [2.05, 4.69) is 194 Å². The fourth-order valence-electron chi connectivity index (χ4n) is 12.0. The van der Waals surface area contributed by atoms with Crippen LogP contribution in [0.2, 0.25) is 0 Å². The molecular weight excluding hydrogens is 921 g/mol. The molecule has 6 aromatic carbocycles. The molecule has 8 aromatic rings. The Bertz CT molecular complexity index is 2690. The van der Waals surface area contributed by atoms with E-state index in [0.717, 1.165) is 25.7 Å². The van der Waals surface area contributed by atoms with E-state index < -0.39 is 5.41 Å². The van der Waals surface area contributed by atoms with Gasteiger partial charge >= 0.3 is 0 Å². The first-order valence-electron chi connectivity index (χ1n) is 28.5. The van der Waals surface area contributed by atoms with Crippen LogP contribution in [0.4, 0.5) is 34.1 Å². The van der Waals surface area contributed by atoms with Crippen molar-refractivity contribution < 1.29 is 0 Å². The Balaban J connectivity index is 1.08. The molecule has 2 heterocycles. The number of hydrogen-bond acceptors (Lipinski definition) is 4. The second-order valence-corrected chi connectivity index (χ2v) is 22.9. The van der Waals surface area contributed by atoms with E-state index in [1.807, 2.05) is 22.7 Å². The van der Waals surface area contributed by atoms with Crippen LogP contribution >= 0.6 is 22.7 Å². The molecule has 0 saturated carbocycles. The highest BCUT2D eigenvalue weighted by molar-refractivity contribution is 7.21. The first-order valence-corrected chi connectivity index (χ1v) is 30.2. The maximum Gasteiger partial charge on any atom is 0.0743 e. The Morgan fingerprint density at radius 2 is 0.589 bits per heavy atom. The molecule has 0 amide bonds. The lowest BCUT2D eigenvalue weighted by Gasteiger charge is -2.32. The van der Waals surface area contributed by atoms with Crippen LogP contribution in [0.1, 0.15) is 175 Å². The largest absolute Gasteiger partial charge is 0.310 e. The van der Waals surface area contributed by atoms with Gasteiger partial charge in [0, 0.05) is 43.9 Å². The summed E-state index contributed by atoms with van der Waals surface area (Å²) in [5, 5.41) is 4.67. The summed E-state index contributed by atoms with van der Waals surface area (Å²) in [5.74, 6) is 0. The minimum absolute atomic E-state index is 0.450. The van der Waals surface area contributed by atoms with Crippen LogP contribution in [-0.2, 0) is 31.1 Å². The quantitative estimate of drug-likeness (QED) is 0.0499. The van der Waals surface area contributed by atoms with Gasteiger partial charge < -0.3 is 9.80 Å². The Morgan fingerprint density at radius 3 is 0.877 bits per heavy atom. The molecule has 2 nitrogen and oxygen atoms in total. The first kappa shape index (κ1) is 50.8. The standard InChI is InChI=1S/C69H78N2S2/c1-5-9-13-17-21-51-25-33-55(34-26-51)70(56-35-27-52(28-36-56)22-18-14-10-6-2)59-41-43-61-62-44-42-60(50-66(62)69(65(61)49-59)63-45-47-72-67(63)68-64(69)46-48-73-68)71(57-37-29-53(30-38-57)23-19-15-11-7-3)58-39-31-54(32-40-58)24-20-16-12-8-4/h25-50H,5-24H2,1-4H3. The van der Waals surface area contributed by atoms with Gasteiger partial charge in [-0.15, -0.1) is 22.7 Å². The van der Waals surface area contributed by atoms with Crippen LogP contribution in [0, 0.1) is 0 Å². The van der Waals surface area contributed by atoms with Crippen LogP contribution in [0.3, 0.4) is 0 Å². The Hall–Kier alpha value is -5.68. The molecule has 0 fully saturated rings. The van der Waals surface area contributed by atoms with Gasteiger partial charge in [0.1, 0.15) is 0 Å². The molecule has 2 aromatic heterocycles. The third kappa shape index (κ3) is 10.7. The van der Waals surface area contributed by atoms with Crippen molar-refractivity contribution in [1.82, 2.24) is 0 Å². The van der Waals surface area contributed by atoms with Gasteiger partial charge in [0.15, 0.2) is 0 Å². The van der Waals surface area contributed by atoms with E-state index in [1.165, 1.54) is 202 Å². The maximum absolute atomic E-state index is 2.57. The fourth-order valence-corrected chi connectivity index (χ4v) is 14.1. The molecule has 0 bridgehead atoms. The third-order valence-electron chi connectivity index (χ3n) is 16.0. The summed E-state index contributed by atoms with van der Waals surface area (Å²) in [4.78, 5) is 7.87. The predicted molar refractivity (Wildman–Crippen MR) is 319 cm³/mol. The molecule has 0 unspecified atom stereocenters. The van der Waals surface area contributed by atoms with E-state index in [9.17, 15) is 0 Å². The lowest BCUT2D eigenvalue weighted by molar-refractivity contribution is 0.667. The van der Waals surface area contributed by atoms with Crippen molar-refractivity contribution in [3.63, 3.8) is 0 Å². The van der Waals surface area contributed by atoms with E-state index >= 15 is 0 Å². The molecule has 0 saturated heterocycles. The summed E-state index contributed by atoms with van der Waals surface area (Å²) >= 11 is 3.81. The molecule has 376 valence electrons. The molecule has 73 heavy (non-hydrogen) atoms. The van der Waals surface area contributed by atoms with Crippen LogP contribution in [0.5, 0.6) is 0 Å². The van der Waals surface area contributed by atoms with Gasteiger partial charge in [-0.2, -0.15) is 0 Å². The number of unbranched alkanes of at least 4 members (excludes halogenated alkanes) is 12. The van der Waals surface area contributed by atoms with Gasteiger partial charge in [0.25, 0.3) is 0 Å². The highest BCUT2D eigenvalue weighted by Crippen LogP contribution is 2.66. The van der Waals surface area contributed by atoms with Crippen molar-refractivity contribution in [2.75, 3.05) is 9.80 Å². The molecule has 0 radical (unpaired) electrons. The first-order chi connectivity index (χ1) is 36.0. The van der Waals surface area contributed by atoms with Crippen molar-refractivity contribution in [2.24, 2.45) is 0 Å². The molecule has 1 spiro atoms. The zero-order valence-electron chi connectivity index (χ0n) is 44.4. The number of thiophene rings is 2. The second-order valence-electron chi connectivity index (χ2n) is 21.1. The van der Waals surface area contributed by atoms with Crippen LogP contribution in [0.25, 0.3) is 20.9 Å². The Kier molecular flexibility index (Phi) is 16.8. The van der Waals surface area contributed by atoms with Crippen LogP contribution < -0.4 is 9.80 Å². The number of aryl methyl sites for hydroxylation is 4. The SMILES string of the molecule is CCCCCCc1ccc(N(c2ccc(CCCCCC)cc2)c2ccc3c(c2)C2(c4cc(N(c5ccc(CCCCCC)cc5)c5ccc(CCCCCC)cc5)ccc4-3)c3ccsc3-c3sccc32)cc1. The average Bonchev–Trinajstić information content (AvgIpc) is 4.22. The van der Waals surface area contributed by atoms with Gasteiger partial charge in [-0.3, -0.25) is 0 Å². The number of nitrogens with zero attached hydrogens (tertiary/aromatic N) is 2. The highest BCUT2D eigenvalue weighted by atomic mass is 32.1. The van der Waals surface area contributed by atoms with Crippen molar-refractivity contribution in [1.29, 1.82) is 0 Å². The third-order valence-corrected chi connectivity index (χ3v) is 18.0. The van der Waals surface area contributed by atoms with E-state index in [4.69, 9.17) is 0 Å². The fraction of sp³-hybridized carbons (Fsp3) is 0.362. The van der Waals surface area contributed by atoms with Crippen LogP contribution in [-0.4, -0.2) is 0 Å². The van der Waals surface area contributed by atoms with E-state index in [1.54, 1.807) is 0 Å². The lowest BCUT2D eigenvalue weighted by Crippen LogP contribution is -2.26. The second kappa shape index (κ2) is 24.1. The van der Waals surface area contributed by atoms with Crippen molar-refractivity contribution in [2.45, 2.75) is 162 Å². The van der Waals surface area contributed by atoms with Gasteiger partial charge in [-0.25, -0.2) is 0 Å². The summed E-state index contributed by atoms with van der Waals surface area (Å²) in [7, 11) is 0. The molecule has 10 rings (SSSR count). The van der Waals surface area contributed by atoms with E-state index in [0.29, 0.717) is 0 Å². The Morgan fingerprint density at radius 1 is 0.301 bits per heavy atom. The van der Waals surface area contributed by atoms with Gasteiger partial charge in [-0.1, -0.05) is 165 Å².